The van der Waals surface area contributed by atoms with Crippen molar-refractivity contribution in [3.05, 3.63) is 89.9 Å². The standard InChI is InChI=1S/C23H24N4O.K/c1-16-7-8-21(12-16)26-10-9-25-18(3)19-5-4-6-22(13-19)27-23(28)20-11-17(2)14-24-15-20;/h4-6,8,10-15,18,25H,7H2,1-3H3,(H,27,28);/q-2;+1. The number of rotatable bonds is 6. The number of anilines is 1. The Labute approximate surface area is 215 Å². The Bertz CT molecular complexity index is 949. The van der Waals surface area contributed by atoms with Gasteiger partial charge in [0.1, 0.15) is 0 Å². The largest absolute Gasteiger partial charge is 1.00 e. The van der Waals surface area contributed by atoms with E-state index in [9.17, 15) is 4.79 Å². The smallest absolute Gasteiger partial charge is 0.560 e. The van der Waals surface area contributed by atoms with Crippen molar-refractivity contribution in [3.63, 3.8) is 0 Å². The van der Waals surface area contributed by atoms with E-state index < -0.39 is 0 Å². The van der Waals surface area contributed by atoms with Crippen molar-refractivity contribution in [2.45, 2.75) is 33.2 Å². The van der Waals surface area contributed by atoms with Crippen molar-refractivity contribution in [2.24, 2.45) is 4.99 Å². The van der Waals surface area contributed by atoms with Gasteiger partial charge in [0.25, 0.3) is 5.91 Å². The molecule has 0 aliphatic heterocycles. The zero-order valence-corrected chi connectivity index (χ0v) is 20.5. The number of carbonyl (C=O) groups is 1. The SMILES string of the molecule is CC1=CC(=NC=[C-]NC(C)c2cccc(NC(=O)c3cncc(C)c3)c2)[CH-]C1.[K+]. The number of aryl methyl sites for hydroxylation is 1. The van der Waals surface area contributed by atoms with E-state index in [0.717, 1.165) is 28.9 Å². The Hall–Kier alpha value is -1.70. The molecule has 6 heteroatoms. The molecule has 3 rings (SSSR count). The number of nitrogens with one attached hydrogen (secondary N) is 2. The summed E-state index contributed by atoms with van der Waals surface area (Å²) in [7, 11) is 0. The van der Waals surface area contributed by atoms with E-state index in [2.05, 4.69) is 46.2 Å². The fraction of sp³-hybridized carbons (Fsp3) is 0.217. The fourth-order valence-electron chi connectivity index (χ4n) is 2.85. The summed E-state index contributed by atoms with van der Waals surface area (Å²) in [5, 5.41) is 6.11. The quantitative estimate of drug-likeness (QED) is 0.431. The predicted octanol–water partition coefficient (Wildman–Crippen LogP) is 1.57. The van der Waals surface area contributed by atoms with Crippen molar-refractivity contribution in [1.29, 1.82) is 0 Å². The summed E-state index contributed by atoms with van der Waals surface area (Å²) in [4.78, 5) is 20.8. The number of benzene rings is 1. The van der Waals surface area contributed by atoms with Gasteiger partial charge in [-0.2, -0.15) is 11.6 Å². The molecule has 144 valence electrons. The van der Waals surface area contributed by atoms with Crippen LogP contribution in [0.4, 0.5) is 5.69 Å². The number of nitrogens with zero attached hydrogens (tertiary/aromatic N) is 2. The summed E-state index contributed by atoms with van der Waals surface area (Å²) in [5.74, 6) is -0.174. The molecule has 1 aromatic heterocycles. The van der Waals surface area contributed by atoms with Gasteiger partial charge >= 0.3 is 51.4 Å². The topological polar surface area (TPSA) is 66.4 Å². The van der Waals surface area contributed by atoms with Gasteiger partial charge in [0, 0.05) is 24.1 Å². The van der Waals surface area contributed by atoms with Crippen LogP contribution >= 0.6 is 0 Å². The third kappa shape index (κ3) is 7.24. The molecule has 1 heterocycles. The Morgan fingerprint density at radius 2 is 2.14 bits per heavy atom. The molecule has 0 radical (unpaired) electrons. The van der Waals surface area contributed by atoms with Crippen LogP contribution in [-0.2, 0) is 0 Å². The van der Waals surface area contributed by atoms with Crippen molar-refractivity contribution in [1.82, 2.24) is 10.3 Å². The van der Waals surface area contributed by atoms with E-state index in [4.69, 9.17) is 0 Å². The van der Waals surface area contributed by atoms with Crippen molar-refractivity contribution < 1.29 is 56.2 Å². The molecule has 0 bridgehead atoms. The van der Waals surface area contributed by atoms with Crippen molar-refractivity contribution in [3.8, 4) is 0 Å². The second-order valence-electron chi connectivity index (χ2n) is 6.92. The number of allylic oxidation sites excluding steroid dienone is 2. The Morgan fingerprint density at radius 3 is 2.86 bits per heavy atom. The van der Waals surface area contributed by atoms with Gasteiger partial charge in [-0.25, -0.2) is 6.42 Å². The second-order valence-corrected chi connectivity index (χ2v) is 6.92. The summed E-state index contributed by atoms with van der Waals surface area (Å²) >= 11 is 0. The first-order valence-corrected chi connectivity index (χ1v) is 9.25. The first-order chi connectivity index (χ1) is 13.5. The Morgan fingerprint density at radius 1 is 1.31 bits per heavy atom. The zero-order valence-electron chi connectivity index (χ0n) is 17.4. The number of aromatic nitrogens is 1. The molecule has 1 aliphatic rings. The number of carbonyl (C=O) groups excluding carboxylic acids is 1. The van der Waals surface area contributed by atoms with Crippen LogP contribution in [0.1, 0.15) is 47.8 Å². The van der Waals surface area contributed by atoms with Crippen molar-refractivity contribution in [2.75, 3.05) is 5.32 Å². The van der Waals surface area contributed by atoms with E-state index in [1.807, 2.05) is 44.2 Å². The van der Waals surface area contributed by atoms with E-state index >= 15 is 0 Å². The molecule has 0 spiro atoms. The van der Waals surface area contributed by atoms with Gasteiger partial charge in [-0.3, -0.25) is 9.78 Å². The molecule has 2 aromatic rings. The predicted molar refractivity (Wildman–Crippen MR) is 113 cm³/mol. The number of pyridine rings is 1. The normalized spacial score (nSPS) is 15.4. The minimum atomic E-state index is -0.174. The molecular formula is C23H24KN4O-. The third-order valence-corrected chi connectivity index (χ3v) is 4.39. The van der Waals surface area contributed by atoms with Gasteiger partial charge in [0.15, 0.2) is 0 Å². The van der Waals surface area contributed by atoms with Gasteiger partial charge < -0.3 is 21.8 Å². The molecule has 2 N–H and O–H groups in total. The van der Waals surface area contributed by atoms with Crippen LogP contribution in [-0.4, -0.2) is 16.6 Å². The number of amides is 1. The Balaban J connectivity index is 0.00000300. The molecule has 1 amide bonds. The molecule has 1 aromatic carbocycles. The second kappa shape index (κ2) is 11.5. The first-order valence-electron chi connectivity index (χ1n) is 9.25. The summed E-state index contributed by atoms with van der Waals surface area (Å²) < 4.78 is 0. The summed E-state index contributed by atoms with van der Waals surface area (Å²) in [5.41, 5.74) is 5.55. The number of aliphatic imine (C=N–C) groups is 1. The average Bonchev–Trinajstić information content (AvgIpc) is 3.10. The van der Waals surface area contributed by atoms with Crippen LogP contribution in [0.25, 0.3) is 0 Å². The molecule has 0 fully saturated rings. The molecular weight excluding hydrogens is 387 g/mol. The van der Waals surface area contributed by atoms with Crippen LogP contribution in [0.15, 0.2) is 65.6 Å². The van der Waals surface area contributed by atoms with Crippen LogP contribution in [0.3, 0.4) is 0 Å². The van der Waals surface area contributed by atoms with E-state index in [1.54, 1.807) is 18.6 Å². The molecule has 29 heavy (non-hydrogen) atoms. The monoisotopic (exact) mass is 411 g/mol. The molecule has 1 atom stereocenters. The van der Waals surface area contributed by atoms with Crippen LogP contribution in [0, 0.1) is 19.5 Å². The van der Waals surface area contributed by atoms with E-state index in [1.165, 1.54) is 5.57 Å². The molecule has 1 unspecified atom stereocenters. The minimum Gasteiger partial charge on any atom is -0.560 e. The van der Waals surface area contributed by atoms with Gasteiger partial charge in [0.05, 0.1) is 5.56 Å². The van der Waals surface area contributed by atoms with Gasteiger partial charge in [-0.15, -0.1) is 11.9 Å². The van der Waals surface area contributed by atoms with Crippen LogP contribution in [0.2, 0.25) is 0 Å². The minimum absolute atomic E-state index is 0. The zero-order chi connectivity index (χ0) is 19.9. The Kier molecular flexibility index (Phi) is 9.33. The third-order valence-electron chi connectivity index (χ3n) is 4.39. The van der Waals surface area contributed by atoms with E-state index in [-0.39, 0.29) is 63.3 Å². The summed E-state index contributed by atoms with van der Waals surface area (Å²) in [6.07, 6.45) is 13.1. The first kappa shape index (κ1) is 23.6. The summed E-state index contributed by atoms with van der Waals surface area (Å²) in [6, 6.07) is 9.58. The maximum atomic E-state index is 12.4. The van der Waals surface area contributed by atoms with Crippen molar-refractivity contribution >= 4 is 17.3 Å². The fourth-order valence-corrected chi connectivity index (χ4v) is 2.85. The molecule has 5 nitrogen and oxygen atoms in total. The number of hydrogen-bond donors (Lipinski definition) is 2. The molecule has 0 saturated carbocycles. The van der Waals surface area contributed by atoms with Gasteiger partial charge in [-0.1, -0.05) is 25.5 Å². The van der Waals surface area contributed by atoms with Gasteiger partial charge in [-0.05, 0) is 43.2 Å². The summed E-state index contributed by atoms with van der Waals surface area (Å²) in [6.45, 7) is 6.04. The maximum Gasteiger partial charge on any atom is 1.00 e. The number of hydrogen-bond acceptors (Lipinski definition) is 4. The van der Waals surface area contributed by atoms with E-state index in [0.29, 0.717) is 5.56 Å². The van der Waals surface area contributed by atoms with Crippen LogP contribution < -0.4 is 62.0 Å². The average molecular weight is 412 g/mol. The van der Waals surface area contributed by atoms with Crippen LogP contribution in [0.5, 0.6) is 0 Å². The van der Waals surface area contributed by atoms with Gasteiger partial charge in [0.2, 0.25) is 0 Å². The maximum absolute atomic E-state index is 12.4. The molecule has 1 aliphatic carbocycles. The molecule has 0 saturated heterocycles.